The van der Waals surface area contributed by atoms with Crippen LogP contribution >= 0.6 is 0 Å². The van der Waals surface area contributed by atoms with Crippen molar-refractivity contribution < 1.29 is 63.0 Å². The molecule has 0 aromatic heterocycles. The van der Waals surface area contributed by atoms with Crippen LogP contribution < -0.4 is 9.80 Å². The Labute approximate surface area is 335 Å². The number of unbranched alkanes of at least 4 members (excludes halogenated alkanes) is 2. The molecule has 0 aliphatic carbocycles. The Kier molecular flexibility index (Phi) is 15.5. The fourth-order valence-corrected chi connectivity index (χ4v) is 9.42. The smallest absolute Gasteiger partial charge is 0.303 e. The molecule has 57 heavy (non-hydrogen) atoms. The summed E-state index contributed by atoms with van der Waals surface area (Å²) in [5.74, 6) is -1.42. The van der Waals surface area contributed by atoms with E-state index in [0.717, 1.165) is 5.69 Å². The number of hydrogen-bond acceptors (Lipinski definition) is 12. The summed E-state index contributed by atoms with van der Waals surface area (Å²) in [6.07, 6.45) is 8.06. The molecule has 0 amide bonds. The van der Waals surface area contributed by atoms with Crippen LogP contribution in [0.2, 0.25) is 0 Å². The molecule has 2 aliphatic rings. The second-order valence-electron chi connectivity index (χ2n) is 14.7. The van der Waals surface area contributed by atoms with E-state index in [0.29, 0.717) is 81.1 Å². The zero-order chi connectivity index (χ0) is 42.2. The lowest BCUT2D eigenvalue weighted by Crippen LogP contribution is -2.43. The number of fused-ring (bicyclic) bond motifs is 2. The number of allylic oxidation sites excluding steroid dienone is 3. The number of ether oxygens (including phenoxy) is 3. The molecule has 2 aliphatic heterocycles. The Morgan fingerprint density at radius 3 is 2.00 bits per heavy atom. The number of carboxylic acids is 1. The maximum absolute atomic E-state index is 12.3. The van der Waals surface area contributed by atoms with Crippen LogP contribution in [0.1, 0.15) is 69.9 Å². The molecule has 0 spiro atoms. The van der Waals surface area contributed by atoms with Gasteiger partial charge in [0.25, 0.3) is 30.4 Å². The highest BCUT2D eigenvalue weighted by Crippen LogP contribution is 2.52. The molecule has 2 aromatic carbocycles. The number of carbonyl (C=O) groups is 1. The molecule has 2 aromatic rings. The van der Waals surface area contributed by atoms with Gasteiger partial charge >= 0.3 is 5.97 Å². The molecular weight excluding hydrogens is 805 g/mol. The zero-order valence-electron chi connectivity index (χ0n) is 32.7. The minimum absolute atomic E-state index is 0.0168. The summed E-state index contributed by atoms with van der Waals surface area (Å²) >= 11 is 0. The second kappa shape index (κ2) is 19.1. The standard InChI is InChI=1S/C38H54N2O14S3/c1-37(17-9-25-55(43,44)45)30-26-28(56(46,47)48)14-16-33(30)40(20-22-54-24-23-53-4)34(37)10-8-11-35-38(2,18-21-52-3)31-27-29(57(49,50)51)13-15-32(31)39(35)19-7-5-6-12-36(41)42/h8,10-11,13-16,26-27,35H,5-7,9,12,17-25H2,1-4H3,(H,41,42)(H,43,44,45)(H,46,47,48)(H,49,50,51)/b11-8+,34-10+. The van der Waals surface area contributed by atoms with Gasteiger partial charge in [-0.05, 0) is 92.6 Å². The molecule has 0 radical (unpaired) electrons. The first-order valence-corrected chi connectivity index (χ1v) is 23.1. The van der Waals surface area contributed by atoms with Crippen molar-refractivity contribution in [2.45, 2.75) is 85.5 Å². The highest BCUT2D eigenvalue weighted by Gasteiger charge is 2.47. The minimum atomic E-state index is -4.61. The number of methoxy groups -OCH3 is 2. The van der Waals surface area contributed by atoms with Gasteiger partial charge in [0, 0.05) is 68.2 Å². The predicted molar refractivity (Wildman–Crippen MR) is 214 cm³/mol. The molecule has 0 saturated heterocycles. The van der Waals surface area contributed by atoms with E-state index in [-0.39, 0.29) is 35.7 Å². The van der Waals surface area contributed by atoms with Gasteiger partial charge < -0.3 is 29.1 Å². The fourth-order valence-electron chi connectivity index (χ4n) is 7.90. The number of rotatable bonds is 23. The van der Waals surface area contributed by atoms with E-state index in [9.17, 15) is 43.7 Å². The van der Waals surface area contributed by atoms with Gasteiger partial charge in [-0.2, -0.15) is 25.3 Å². The van der Waals surface area contributed by atoms with Crippen molar-refractivity contribution >= 4 is 47.7 Å². The summed E-state index contributed by atoms with van der Waals surface area (Å²) in [6, 6.07) is 8.31. The molecule has 4 N–H and O–H groups in total. The van der Waals surface area contributed by atoms with E-state index in [2.05, 4.69) is 4.90 Å². The molecule has 318 valence electrons. The average molecular weight is 859 g/mol. The third kappa shape index (κ3) is 11.4. The van der Waals surface area contributed by atoms with E-state index in [1.54, 1.807) is 26.4 Å². The quantitative estimate of drug-likeness (QED) is 0.0863. The summed E-state index contributed by atoms with van der Waals surface area (Å²) in [4.78, 5) is 14.6. The maximum Gasteiger partial charge on any atom is 0.303 e. The molecule has 16 nitrogen and oxygen atoms in total. The second-order valence-corrected chi connectivity index (χ2v) is 19.1. The van der Waals surface area contributed by atoms with E-state index in [4.69, 9.17) is 19.3 Å². The van der Waals surface area contributed by atoms with Gasteiger partial charge in [0.1, 0.15) is 0 Å². The lowest BCUT2D eigenvalue weighted by molar-refractivity contribution is -0.137. The van der Waals surface area contributed by atoms with Crippen LogP contribution in [0, 0.1) is 0 Å². The van der Waals surface area contributed by atoms with Crippen LogP contribution in [-0.4, -0.2) is 116 Å². The molecule has 0 bridgehead atoms. The Balaban J connectivity index is 1.86. The number of anilines is 2. The van der Waals surface area contributed by atoms with Crippen molar-refractivity contribution in [1.29, 1.82) is 0 Å². The van der Waals surface area contributed by atoms with Gasteiger partial charge in [0.15, 0.2) is 0 Å². The summed E-state index contributed by atoms with van der Waals surface area (Å²) in [6.45, 7) is 5.85. The molecule has 0 fully saturated rings. The summed E-state index contributed by atoms with van der Waals surface area (Å²) in [7, 11) is -10.4. The molecular formula is C38H54N2O14S3. The molecule has 0 saturated carbocycles. The first kappa shape index (κ1) is 46.3. The van der Waals surface area contributed by atoms with Gasteiger partial charge in [0.05, 0.1) is 41.4 Å². The van der Waals surface area contributed by atoms with E-state index >= 15 is 0 Å². The Morgan fingerprint density at radius 2 is 1.40 bits per heavy atom. The van der Waals surface area contributed by atoms with Crippen molar-refractivity contribution in [3.8, 4) is 0 Å². The topological polar surface area (TPSA) is 235 Å². The van der Waals surface area contributed by atoms with Crippen LogP contribution in [0.5, 0.6) is 0 Å². The maximum atomic E-state index is 12.3. The SMILES string of the molecule is COCCOCCN1/C(=C/C=C/C2N(CCCCCC(=O)O)c3ccc(S(=O)(=O)O)cc3C2(C)CCOC)C(C)(CCCS(=O)(=O)O)c2cc(S(=O)(=O)O)ccc21. The summed E-state index contributed by atoms with van der Waals surface area (Å²) in [5, 5.41) is 9.16. The Hall–Kier alpha value is -3.40. The van der Waals surface area contributed by atoms with Gasteiger partial charge in [-0.1, -0.05) is 25.5 Å². The highest BCUT2D eigenvalue weighted by atomic mass is 32.2. The average Bonchev–Trinajstić information content (AvgIpc) is 3.49. The minimum Gasteiger partial charge on any atom is -0.481 e. The number of nitrogens with zero attached hydrogens (tertiary/aromatic N) is 2. The normalized spacial score (nSPS) is 21.8. The van der Waals surface area contributed by atoms with Gasteiger partial charge in [-0.3, -0.25) is 18.5 Å². The lowest BCUT2D eigenvalue weighted by atomic mass is 9.75. The predicted octanol–water partition coefficient (Wildman–Crippen LogP) is 4.86. The van der Waals surface area contributed by atoms with Crippen LogP contribution in [0.25, 0.3) is 0 Å². The first-order valence-electron chi connectivity index (χ1n) is 18.6. The first-order chi connectivity index (χ1) is 26.7. The van der Waals surface area contributed by atoms with Gasteiger partial charge in [0.2, 0.25) is 0 Å². The van der Waals surface area contributed by atoms with Crippen molar-refractivity contribution in [3.05, 3.63) is 71.5 Å². The van der Waals surface area contributed by atoms with Crippen LogP contribution in [0.4, 0.5) is 11.4 Å². The van der Waals surface area contributed by atoms with E-state index < -0.39 is 58.9 Å². The van der Waals surface area contributed by atoms with Crippen molar-refractivity contribution in [2.24, 2.45) is 0 Å². The highest BCUT2D eigenvalue weighted by molar-refractivity contribution is 7.86. The van der Waals surface area contributed by atoms with Gasteiger partial charge in [-0.25, -0.2) is 0 Å². The molecule has 3 atom stereocenters. The molecule has 3 unspecified atom stereocenters. The number of aliphatic carboxylic acids is 1. The van der Waals surface area contributed by atoms with Crippen LogP contribution in [0.3, 0.4) is 0 Å². The lowest BCUT2D eigenvalue weighted by Gasteiger charge is -2.35. The largest absolute Gasteiger partial charge is 0.481 e. The summed E-state index contributed by atoms with van der Waals surface area (Å²) < 4.78 is 119. The van der Waals surface area contributed by atoms with Crippen LogP contribution in [0.15, 0.2) is 70.1 Å². The summed E-state index contributed by atoms with van der Waals surface area (Å²) in [5.41, 5.74) is 1.45. The third-order valence-corrected chi connectivity index (χ3v) is 13.3. The fraction of sp³-hybridized carbons (Fsp3) is 0.553. The van der Waals surface area contributed by atoms with Crippen molar-refractivity contribution in [1.82, 2.24) is 0 Å². The van der Waals surface area contributed by atoms with Crippen LogP contribution in [-0.2, 0) is 60.2 Å². The zero-order valence-corrected chi connectivity index (χ0v) is 35.1. The molecule has 4 rings (SSSR count). The Morgan fingerprint density at radius 1 is 0.772 bits per heavy atom. The number of benzene rings is 2. The molecule has 2 heterocycles. The Bertz CT molecular complexity index is 2140. The number of hydrogen-bond donors (Lipinski definition) is 4. The van der Waals surface area contributed by atoms with Crippen molar-refractivity contribution in [3.63, 3.8) is 0 Å². The monoisotopic (exact) mass is 858 g/mol. The van der Waals surface area contributed by atoms with E-state index in [1.807, 2.05) is 37.0 Å². The van der Waals surface area contributed by atoms with Crippen molar-refractivity contribution in [2.75, 3.05) is 69.3 Å². The van der Waals surface area contributed by atoms with E-state index in [1.165, 1.54) is 24.3 Å². The van der Waals surface area contributed by atoms with Gasteiger partial charge in [-0.15, -0.1) is 0 Å². The third-order valence-electron chi connectivity index (χ3n) is 10.8. The molecule has 19 heteroatoms. The number of carboxylic acid groups (broad SMARTS) is 1.